The number of benzene rings is 1. The van der Waals surface area contributed by atoms with Crippen molar-refractivity contribution in [1.82, 2.24) is 5.43 Å². The van der Waals surface area contributed by atoms with Crippen LogP contribution in [0, 0.1) is 11.8 Å². The molecule has 1 aromatic rings. The van der Waals surface area contributed by atoms with Gasteiger partial charge in [-0.2, -0.15) is 0 Å². The Hall–Kier alpha value is -0.860. The summed E-state index contributed by atoms with van der Waals surface area (Å²) < 4.78 is 0. The first-order valence-corrected chi connectivity index (χ1v) is 8.45. The van der Waals surface area contributed by atoms with E-state index in [1.165, 1.54) is 36.8 Å². The Morgan fingerprint density at radius 2 is 1.86 bits per heavy atom. The van der Waals surface area contributed by atoms with E-state index < -0.39 is 0 Å². The van der Waals surface area contributed by atoms with Crippen molar-refractivity contribution in [3.63, 3.8) is 0 Å². The maximum atomic E-state index is 5.85. The Morgan fingerprint density at radius 1 is 1.19 bits per heavy atom. The highest BCUT2D eigenvalue weighted by Gasteiger charge is 2.26. The average Bonchev–Trinajstić information content (AvgIpc) is 2.44. The van der Waals surface area contributed by atoms with E-state index >= 15 is 0 Å². The number of rotatable bonds is 4. The third-order valence-electron chi connectivity index (χ3n) is 5.04. The Labute approximate surface area is 130 Å². The number of hydrazine groups is 1. The van der Waals surface area contributed by atoms with E-state index in [2.05, 4.69) is 57.4 Å². The van der Waals surface area contributed by atoms with Crippen molar-refractivity contribution in [2.24, 2.45) is 17.7 Å². The lowest BCUT2D eigenvalue weighted by molar-refractivity contribution is 0.222. The van der Waals surface area contributed by atoms with Crippen LogP contribution >= 0.6 is 0 Å². The van der Waals surface area contributed by atoms with Gasteiger partial charge >= 0.3 is 0 Å². The van der Waals surface area contributed by atoms with E-state index in [4.69, 9.17) is 5.84 Å². The Balaban J connectivity index is 2.01. The van der Waals surface area contributed by atoms with Gasteiger partial charge in [-0.1, -0.05) is 64.8 Å². The van der Waals surface area contributed by atoms with Gasteiger partial charge in [0.15, 0.2) is 0 Å². The normalized spacial score (nSPS) is 24.8. The molecule has 21 heavy (non-hydrogen) atoms. The molecule has 0 amide bonds. The maximum absolute atomic E-state index is 5.85. The summed E-state index contributed by atoms with van der Waals surface area (Å²) in [4.78, 5) is 0. The molecule has 2 rings (SSSR count). The van der Waals surface area contributed by atoms with Gasteiger partial charge in [-0.15, -0.1) is 0 Å². The molecular weight excluding hydrogens is 256 g/mol. The zero-order valence-electron chi connectivity index (χ0n) is 14.2. The van der Waals surface area contributed by atoms with Gasteiger partial charge in [-0.05, 0) is 47.6 Å². The van der Waals surface area contributed by atoms with Gasteiger partial charge in [0, 0.05) is 6.04 Å². The molecule has 0 spiro atoms. The molecule has 0 heterocycles. The summed E-state index contributed by atoms with van der Waals surface area (Å²) in [5.74, 6) is 7.42. The molecule has 0 saturated heterocycles. The quantitative estimate of drug-likeness (QED) is 0.644. The molecular formula is C19H32N2. The molecule has 3 atom stereocenters. The standard InChI is InChI=1S/C19H32N2/c1-14-6-5-7-16(12-14)18(21-20)13-15-8-10-17(11-9-15)19(2,3)4/h8-11,14,16,18,21H,5-7,12-13,20H2,1-4H3. The second kappa shape index (κ2) is 6.93. The first-order chi connectivity index (χ1) is 9.90. The van der Waals surface area contributed by atoms with E-state index in [0.29, 0.717) is 6.04 Å². The third kappa shape index (κ3) is 4.55. The molecule has 118 valence electrons. The predicted molar refractivity (Wildman–Crippen MR) is 91.1 cm³/mol. The minimum atomic E-state index is 0.225. The third-order valence-corrected chi connectivity index (χ3v) is 5.04. The van der Waals surface area contributed by atoms with E-state index in [-0.39, 0.29) is 5.41 Å². The first kappa shape index (κ1) is 16.5. The van der Waals surface area contributed by atoms with E-state index in [1.54, 1.807) is 0 Å². The van der Waals surface area contributed by atoms with Crippen LogP contribution in [0.1, 0.15) is 64.5 Å². The fourth-order valence-corrected chi connectivity index (χ4v) is 3.60. The first-order valence-electron chi connectivity index (χ1n) is 8.45. The Kier molecular flexibility index (Phi) is 5.45. The summed E-state index contributed by atoms with van der Waals surface area (Å²) in [5.41, 5.74) is 6.10. The van der Waals surface area contributed by atoms with Crippen LogP contribution in [0.15, 0.2) is 24.3 Å². The SMILES string of the molecule is CC1CCCC(C(Cc2ccc(C(C)(C)C)cc2)NN)C1. The second-order valence-electron chi connectivity index (χ2n) is 7.96. The molecule has 1 saturated carbocycles. The molecule has 2 nitrogen and oxygen atoms in total. The summed E-state index contributed by atoms with van der Waals surface area (Å²) >= 11 is 0. The lowest BCUT2D eigenvalue weighted by Crippen LogP contribution is -2.43. The Morgan fingerprint density at radius 3 is 2.38 bits per heavy atom. The molecule has 1 aromatic carbocycles. The van der Waals surface area contributed by atoms with Crippen molar-refractivity contribution < 1.29 is 0 Å². The van der Waals surface area contributed by atoms with E-state index in [9.17, 15) is 0 Å². The van der Waals surface area contributed by atoms with Crippen LogP contribution in [0.3, 0.4) is 0 Å². The fraction of sp³-hybridized carbons (Fsp3) is 0.684. The molecule has 1 aliphatic carbocycles. The van der Waals surface area contributed by atoms with Gasteiger partial charge in [0.2, 0.25) is 0 Å². The summed E-state index contributed by atoms with van der Waals surface area (Å²) in [7, 11) is 0. The van der Waals surface area contributed by atoms with Gasteiger partial charge in [0.05, 0.1) is 0 Å². The van der Waals surface area contributed by atoms with E-state index in [0.717, 1.165) is 18.3 Å². The summed E-state index contributed by atoms with van der Waals surface area (Å²) in [6.07, 6.45) is 6.41. The van der Waals surface area contributed by atoms with E-state index in [1.807, 2.05) is 0 Å². The number of hydrogen-bond donors (Lipinski definition) is 2. The van der Waals surface area contributed by atoms with Crippen molar-refractivity contribution in [3.8, 4) is 0 Å². The highest BCUT2D eigenvalue weighted by atomic mass is 15.2. The fourth-order valence-electron chi connectivity index (χ4n) is 3.60. The molecule has 1 fully saturated rings. The van der Waals surface area contributed by atoms with Crippen molar-refractivity contribution in [3.05, 3.63) is 35.4 Å². The molecule has 2 heteroatoms. The van der Waals surface area contributed by atoms with Crippen molar-refractivity contribution in [2.75, 3.05) is 0 Å². The summed E-state index contributed by atoms with van der Waals surface area (Å²) in [6.45, 7) is 9.15. The van der Waals surface area contributed by atoms with Gasteiger partial charge in [0.25, 0.3) is 0 Å². The van der Waals surface area contributed by atoms with Crippen LogP contribution in [0.2, 0.25) is 0 Å². The molecule has 0 radical (unpaired) electrons. The molecule has 3 N–H and O–H groups in total. The summed E-state index contributed by atoms with van der Waals surface area (Å²) in [6, 6.07) is 9.50. The number of nitrogens with one attached hydrogen (secondary N) is 1. The monoisotopic (exact) mass is 288 g/mol. The van der Waals surface area contributed by atoms with Gasteiger partial charge in [0.1, 0.15) is 0 Å². The zero-order valence-corrected chi connectivity index (χ0v) is 14.2. The summed E-state index contributed by atoms with van der Waals surface area (Å²) in [5, 5.41) is 0. The minimum absolute atomic E-state index is 0.225. The lowest BCUT2D eigenvalue weighted by atomic mass is 9.77. The lowest BCUT2D eigenvalue weighted by Gasteiger charge is -2.33. The van der Waals surface area contributed by atoms with Crippen LogP contribution in [-0.2, 0) is 11.8 Å². The van der Waals surface area contributed by atoms with Gasteiger partial charge in [-0.25, -0.2) is 0 Å². The smallest absolute Gasteiger partial charge is 0.0279 e. The topological polar surface area (TPSA) is 38.0 Å². The van der Waals surface area contributed by atoms with Crippen molar-refractivity contribution in [2.45, 2.75) is 71.3 Å². The molecule has 0 bridgehead atoms. The van der Waals surface area contributed by atoms with Crippen LogP contribution < -0.4 is 11.3 Å². The molecule has 1 aliphatic rings. The minimum Gasteiger partial charge on any atom is -0.271 e. The molecule has 3 unspecified atom stereocenters. The van der Waals surface area contributed by atoms with Crippen LogP contribution in [0.5, 0.6) is 0 Å². The highest BCUT2D eigenvalue weighted by Crippen LogP contribution is 2.32. The number of hydrogen-bond acceptors (Lipinski definition) is 2. The maximum Gasteiger partial charge on any atom is 0.0279 e. The van der Waals surface area contributed by atoms with Gasteiger partial charge < -0.3 is 0 Å². The Bertz CT molecular complexity index is 430. The van der Waals surface area contributed by atoms with Crippen LogP contribution in [-0.4, -0.2) is 6.04 Å². The van der Waals surface area contributed by atoms with Crippen LogP contribution in [0.4, 0.5) is 0 Å². The van der Waals surface area contributed by atoms with Crippen molar-refractivity contribution in [1.29, 1.82) is 0 Å². The van der Waals surface area contributed by atoms with Crippen LogP contribution in [0.25, 0.3) is 0 Å². The highest BCUT2D eigenvalue weighted by molar-refractivity contribution is 5.28. The predicted octanol–water partition coefficient (Wildman–Crippen LogP) is 4.18. The molecule has 0 aromatic heterocycles. The number of nitrogens with two attached hydrogens (primary N) is 1. The van der Waals surface area contributed by atoms with Crippen molar-refractivity contribution >= 4 is 0 Å². The zero-order chi connectivity index (χ0) is 15.5. The van der Waals surface area contributed by atoms with Gasteiger partial charge in [-0.3, -0.25) is 11.3 Å². The largest absolute Gasteiger partial charge is 0.271 e. The second-order valence-corrected chi connectivity index (χ2v) is 7.96. The average molecular weight is 288 g/mol. The molecule has 0 aliphatic heterocycles.